The molecule has 2 aromatic carbocycles. The van der Waals surface area contributed by atoms with E-state index < -0.39 is 0 Å². The normalized spacial score (nSPS) is 10.9. The van der Waals surface area contributed by atoms with Crippen molar-refractivity contribution in [3.05, 3.63) is 48.0 Å². The molecule has 0 bridgehead atoms. The average Bonchev–Trinajstić information content (AvgIpc) is 3.11. The molecule has 1 heterocycles. The van der Waals surface area contributed by atoms with Crippen LogP contribution in [0.2, 0.25) is 0 Å². The van der Waals surface area contributed by atoms with Crippen LogP contribution in [0.5, 0.6) is 0 Å². The van der Waals surface area contributed by atoms with E-state index in [4.69, 9.17) is 4.98 Å². The number of hydrogen-bond donors (Lipinski definition) is 0. The van der Waals surface area contributed by atoms with E-state index in [9.17, 15) is 4.79 Å². The number of anilines is 1. The second-order valence-corrected chi connectivity index (χ2v) is 9.77. The first kappa shape index (κ1) is 24.0. The van der Waals surface area contributed by atoms with E-state index in [1.807, 2.05) is 49.3 Å². The molecule has 4 nitrogen and oxygen atoms in total. The molecular weight excluding hydrogens is 442 g/mol. The highest BCUT2D eigenvalue weighted by Crippen LogP contribution is 2.32. The maximum absolute atomic E-state index is 13.3. The zero-order chi connectivity index (χ0) is 20.1. The Balaban J connectivity index is 0.00000300. The Morgan fingerprint density at radius 1 is 1.07 bits per heavy atom. The van der Waals surface area contributed by atoms with E-state index in [0.717, 1.165) is 27.6 Å². The summed E-state index contributed by atoms with van der Waals surface area (Å²) in [6.07, 6.45) is 2.07. The summed E-state index contributed by atoms with van der Waals surface area (Å²) < 4.78 is 1.11. The molecule has 3 aromatic rings. The second-order valence-electron chi connectivity index (χ2n) is 6.55. The first-order valence-electron chi connectivity index (χ1n) is 9.16. The number of carbonyl (C=O) groups is 1. The molecule has 0 N–H and O–H groups in total. The number of rotatable bonds is 8. The van der Waals surface area contributed by atoms with Gasteiger partial charge < -0.3 is 4.90 Å². The number of hydrogen-bond acceptors (Lipinski definition) is 6. The maximum atomic E-state index is 13.3. The lowest BCUT2D eigenvalue weighted by Gasteiger charge is -2.22. The van der Waals surface area contributed by atoms with Crippen LogP contribution >= 0.6 is 47.3 Å². The Morgan fingerprint density at radius 3 is 2.38 bits per heavy atom. The number of fused-ring (bicyclic) bond motifs is 1. The van der Waals surface area contributed by atoms with Crippen molar-refractivity contribution in [2.24, 2.45) is 0 Å². The molecule has 0 aliphatic heterocycles. The third-order valence-corrected chi connectivity index (χ3v) is 6.90. The summed E-state index contributed by atoms with van der Waals surface area (Å²) in [4.78, 5) is 24.3. The van der Waals surface area contributed by atoms with Crippen molar-refractivity contribution >= 4 is 68.5 Å². The number of nitrogens with zero attached hydrogens (tertiary/aromatic N) is 3. The molecule has 29 heavy (non-hydrogen) atoms. The summed E-state index contributed by atoms with van der Waals surface area (Å²) >= 11 is 5.07. The third kappa shape index (κ3) is 6.12. The van der Waals surface area contributed by atoms with Crippen LogP contribution in [0.3, 0.4) is 0 Å². The zero-order valence-electron chi connectivity index (χ0n) is 17.0. The molecule has 3 rings (SSSR count). The number of thioether (sulfide) groups is 2. The van der Waals surface area contributed by atoms with E-state index in [-0.39, 0.29) is 18.3 Å². The van der Waals surface area contributed by atoms with Crippen molar-refractivity contribution in [2.75, 3.05) is 44.1 Å². The van der Waals surface area contributed by atoms with E-state index in [0.29, 0.717) is 12.1 Å². The Hall–Kier alpha value is -1.25. The Morgan fingerprint density at radius 2 is 1.76 bits per heavy atom. The van der Waals surface area contributed by atoms with Gasteiger partial charge in [0.25, 0.3) is 5.91 Å². The van der Waals surface area contributed by atoms with Crippen LogP contribution in [-0.2, 0) is 0 Å². The molecule has 0 aliphatic carbocycles. The molecule has 0 radical (unpaired) electrons. The molecule has 8 heteroatoms. The average molecular weight is 468 g/mol. The van der Waals surface area contributed by atoms with Gasteiger partial charge in [-0.1, -0.05) is 18.3 Å². The van der Waals surface area contributed by atoms with Crippen molar-refractivity contribution in [3.63, 3.8) is 0 Å². The van der Waals surface area contributed by atoms with Gasteiger partial charge in [0.05, 0.1) is 10.2 Å². The fourth-order valence-electron chi connectivity index (χ4n) is 2.74. The Kier molecular flexibility index (Phi) is 9.30. The molecule has 0 atom stereocenters. The van der Waals surface area contributed by atoms with Crippen LogP contribution < -0.4 is 4.90 Å². The lowest BCUT2D eigenvalue weighted by Crippen LogP contribution is -2.36. The van der Waals surface area contributed by atoms with Gasteiger partial charge in [0.2, 0.25) is 0 Å². The summed E-state index contributed by atoms with van der Waals surface area (Å²) in [5.41, 5.74) is 1.64. The number of benzene rings is 2. The predicted octanol–water partition coefficient (Wildman–Crippen LogP) is 5.76. The van der Waals surface area contributed by atoms with Crippen LogP contribution in [0.25, 0.3) is 10.2 Å². The van der Waals surface area contributed by atoms with E-state index in [2.05, 4.69) is 30.2 Å². The van der Waals surface area contributed by atoms with Gasteiger partial charge in [-0.2, -0.15) is 0 Å². The standard InChI is InChI=1S/C21H25N3OS3.ClH/c1-5-27-16-8-6-15(7-9-16)20(25)24(13-12-23(2)3)21-22-18-11-10-17(26-4)14-19(18)28-21;/h6-11,14H,5,12-13H2,1-4H3;1H. The van der Waals surface area contributed by atoms with Crippen molar-refractivity contribution in [1.82, 2.24) is 9.88 Å². The minimum atomic E-state index is -0.000885. The summed E-state index contributed by atoms with van der Waals surface area (Å²) in [5.74, 6) is 1.02. The zero-order valence-corrected chi connectivity index (χ0v) is 20.3. The molecule has 0 saturated carbocycles. The number of thiazole rings is 1. The highest BCUT2D eigenvalue weighted by molar-refractivity contribution is 7.99. The molecule has 1 amide bonds. The topological polar surface area (TPSA) is 36.4 Å². The quantitative estimate of drug-likeness (QED) is 0.393. The van der Waals surface area contributed by atoms with Crippen molar-refractivity contribution < 1.29 is 4.79 Å². The molecule has 0 aliphatic rings. The predicted molar refractivity (Wildman–Crippen MR) is 132 cm³/mol. The number of amides is 1. The van der Waals surface area contributed by atoms with Gasteiger partial charge >= 0.3 is 0 Å². The van der Waals surface area contributed by atoms with E-state index >= 15 is 0 Å². The number of likely N-dealkylation sites (N-methyl/N-ethyl adjacent to an activating group) is 1. The minimum Gasteiger partial charge on any atom is -0.308 e. The van der Waals surface area contributed by atoms with Gasteiger partial charge in [0.1, 0.15) is 0 Å². The fourth-order valence-corrected chi connectivity index (χ4v) is 4.94. The van der Waals surface area contributed by atoms with Crippen LogP contribution in [0.4, 0.5) is 5.13 Å². The minimum absolute atomic E-state index is 0. The van der Waals surface area contributed by atoms with E-state index in [1.165, 1.54) is 9.79 Å². The molecule has 0 unspecified atom stereocenters. The second kappa shape index (κ2) is 11.2. The Bertz CT molecular complexity index is 944. The summed E-state index contributed by atoms with van der Waals surface area (Å²) in [5, 5.41) is 0.757. The van der Waals surface area contributed by atoms with Crippen LogP contribution in [-0.4, -0.2) is 55.0 Å². The molecule has 156 valence electrons. The molecule has 1 aromatic heterocycles. The van der Waals surface area contributed by atoms with E-state index in [1.54, 1.807) is 34.9 Å². The summed E-state index contributed by atoms with van der Waals surface area (Å²) in [6, 6.07) is 14.1. The van der Waals surface area contributed by atoms with Gasteiger partial charge in [-0.15, -0.1) is 35.9 Å². The number of halogens is 1. The highest BCUT2D eigenvalue weighted by atomic mass is 35.5. The first-order valence-corrected chi connectivity index (χ1v) is 12.2. The summed E-state index contributed by atoms with van der Waals surface area (Å²) in [6.45, 7) is 3.51. The summed E-state index contributed by atoms with van der Waals surface area (Å²) in [7, 11) is 4.03. The van der Waals surface area contributed by atoms with Crippen molar-refractivity contribution in [2.45, 2.75) is 16.7 Å². The molecule has 0 saturated heterocycles. The van der Waals surface area contributed by atoms with Crippen LogP contribution in [0.15, 0.2) is 52.3 Å². The van der Waals surface area contributed by atoms with Crippen LogP contribution in [0.1, 0.15) is 17.3 Å². The highest BCUT2D eigenvalue weighted by Gasteiger charge is 2.21. The van der Waals surface area contributed by atoms with Crippen molar-refractivity contribution in [1.29, 1.82) is 0 Å². The number of aromatic nitrogens is 1. The fraction of sp³-hybridized carbons (Fsp3) is 0.333. The van der Waals surface area contributed by atoms with Gasteiger partial charge in [0.15, 0.2) is 5.13 Å². The number of carbonyl (C=O) groups excluding carboxylic acids is 1. The van der Waals surface area contributed by atoms with Crippen molar-refractivity contribution in [3.8, 4) is 0 Å². The maximum Gasteiger partial charge on any atom is 0.260 e. The van der Waals surface area contributed by atoms with Gasteiger partial charge in [-0.05, 0) is 68.6 Å². The van der Waals surface area contributed by atoms with Gasteiger partial charge in [-0.25, -0.2) is 4.98 Å². The molecule has 0 fully saturated rings. The molecule has 0 spiro atoms. The van der Waals surface area contributed by atoms with Gasteiger partial charge in [0, 0.05) is 28.4 Å². The monoisotopic (exact) mass is 467 g/mol. The van der Waals surface area contributed by atoms with Gasteiger partial charge in [-0.3, -0.25) is 9.69 Å². The smallest absolute Gasteiger partial charge is 0.260 e. The molecular formula is C21H26ClN3OS3. The first-order chi connectivity index (χ1) is 13.5. The lowest BCUT2D eigenvalue weighted by atomic mass is 10.2. The lowest BCUT2D eigenvalue weighted by molar-refractivity contribution is 0.0985. The third-order valence-electron chi connectivity index (χ3n) is 4.24. The Labute approximate surface area is 191 Å². The van der Waals surface area contributed by atoms with Crippen LogP contribution in [0, 0.1) is 0 Å². The SMILES string of the molecule is CCSc1ccc(C(=O)N(CCN(C)C)c2nc3ccc(SC)cc3s2)cc1.Cl. The largest absolute Gasteiger partial charge is 0.308 e.